The fourth-order valence-corrected chi connectivity index (χ4v) is 2.11. The molecule has 86 valence electrons. The second kappa shape index (κ2) is 4.47. The average molecular weight is 245 g/mol. The van der Waals surface area contributed by atoms with Gasteiger partial charge in [-0.2, -0.15) is 5.26 Å². The number of thiazole rings is 1. The summed E-state index contributed by atoms with van der Waals surface area (Å²) in [6.45, 7) is 3.98. The van der Waals surface area contributed by atoms with E-state index < -0.39 is 0 Å². The van der Waals surface area contributed by atoms with Gasteiger partial charge in [0, 0.05) is 24.0 Å². The van der Waals surface area contributed by atoms with Crippen LogP contribution in [-0.4, -0.2) is 15.0 Å². The van der Waals surface area contributed by atoms with Gasteiger partial charge in [0.15, 0.2) is 11.5 Å². The second-order valence-corrected chi connectivity index (χ2v) is 4.85. The molecule has 2 rings (SSSR count). The van der Waals surface area contributed by atoms with E-state index in [1.165, 1.54) is 6.20 Å². The Kier molecular flexibility index (Phi) is 3.02. The van der Waals surface area contributed by atoms with Crippen molar-refractivity contribution in [2.24, 2.45) is 0 Å². The van der Waals surface area contributed by atoms with Gasteiger partial charge in [-0.05, 0) is 13.8 Å². The largest absolute Gasteiger partial charge is 0.356 e. The van der Waals surface area contributed by atoms with Gasteiger partial charge in [0.25, 0.3) is 0 Å². The molecular formula is C11H11N5S. The summed E-state index contributed by atoms with van der Waals surface area (Å²) in [4.78, 5) is 12.3. The van der Waals surface area contributed by atoms with Gasteiger partial charge in [-0.1, -0.05) is 0 Å². The summed E-state index contributed by atoms with van der Waals surface area (Å²) in [5.41, 5.74) is -0.0902. The number of anilines is 1. The van der Waals surface area contributed by atoms with Crippen molar-refractivity contribution in [1.82, 2.24) is 15.0 Å². The number of nitriles is 1. The lowest BCUT2D eigenvalue weighted by molar-refractivity contribution is 0.600. The maximum absolute atomic E-state index is 8.94. The molecule has 0 fully saturated rings. The third-order valence-corrected chi connectivity index (χ3v) is 3.30. The molecule has 0 aliphatic carbocycles. The summed E-state index contributed by atoms with van der Waals surface area (Å²) >= 11 is 1.56. The Labute approximate surface area is 103 Å². The molecule has 0 spiro atoms. The number of rotatable bonds is 3. The Hall–Kier alpha value is -2.00. The molecule has 0 radical (unpaired) electrons. The van der Waals surface area contributed by atoms with Gasteiger partial charge < -0.3 is 5.32 Å². The molecule has 0 bridgehead atoms. The number of hydrogen-bond donors (Lipinski definition) is 1. The summed E-state index contributed by atoms with van der Waals surface area (Å²) in [6, 6.07) is 2.01. The normalized spacial score (nSPS) is 10.9. The molecular weight excluding hydrogens is 234 g/mol. The van der Waals surface area contributed by atoms with E-state index in [1.54, 1.807) is 23.7 Å². The Bertz CT molecular complexity index is 541. The molecule has 6 heteroatoms. The van der Waals surface area contributed by atoms with Crippen molar-refractivity contribution in [3.05, 3.63) is 34.7 Å². The van der Waals surface area contributed by atoms with E-state index >= 15 is 0 Å². The van der Waals surface area contributed by atoms with Gasteiger partial charge >= 0.3 is 0 Å². The van der Waals surface area contributed by atoms with Crippen LogP contribution in [0, 0.1) is 11.3 Å². The van der Waals surface area contributed by atoms with E-state index in [4.69, 9.17) is 5.26 Å². The highest BCUT2D eigenvalue weighted by Crippen LogP contribution is 2.26. The summed E-state index contributed by atoms with van der Waals surface area (Å²) in [7, 11) is 0. The van der Waals surface area contributed by atoms with E-state index in [0.717, 1.165) is 5.01 Å². The van der Waals surface area contributed by atoms with Gasteiger partial charge in [0.1, 0.15) is 11.1 Å². The maximum atomic E-state index is 8.94. The molecule has 0 atom stereocenters. The lowest BCUT2D eigenvalue weighted by atomic mass is 10.1. The molecule has 0 saturated heterocycles. The first kappa shape index (κ1) is 11.5. The first-order valence-electron chi connectivity index (χ1n) is 5.03. The van der Waals surface area contributed by atoms with Crippen LogP contribution >= 0.6 is 11.3 Å². The molecule has 0 aromatic carbocycles. The summed E-state index contributed by atoms with van der Waals surface area (Å²) < 4.78 is 0. The molecule has 0 unspecified atom stereocenters. The molecule has 0 aliphatic heterocycles. The summed E-state index contributed by atoms with van der Waals surface area (Å²) in [6.07, 6.45) is 4.81. The zero-order valence-corrected chi connectivity index (χ0v) is 10.3. The van der Waals surface area contributed by atoms with Crippen LogP contribution in [0.15, 0.2) is 24.0 Å². The molecule has 0 aliphatic rings. The SMILES string of the molecule is CC(C)(Nc1nccnc1C#N)c1nccs1. The number of nitrogens with zero attached hydrogens (tertiary/aromatic N) is 4. The van der Waals surface area contributed by atoms with E-state index in [1.807, 2.05) is 25.3 Å². The van der Waals surface area contributed by atoms with Crippen LogP contribution in [0.3, 0.4) is 0 Å². The fraction of sp³-hybridized carbons (Fsp3) is 0.273. The minimum Gasteiger partial charge on any atom is -0.356 e. The summed E-state index contributed by atoms with van der Waals surface area (Å²) in [5.74, 6) is 0.482. The highest BCUT2D eigenvalue weighted by atomic mass is 32.1. The topological polar surface area (TPSA) is 74.5 Å². The number of aromatic nitrogens is 3. The van der Waals surface area contributed by atoms with E-state index in [9.17, 15) is 0 Å². The van der Waals surface area contributed by atoms with E-state index in [2.05, 4.69) is 20.3 Å². The van der Waals surface area contributed by atoms with Crippen LogP contribution in [0.5, 0.6) is 0 Å². The fourth-order valence-electron chi connectivity index (χ4n) is 1.39. The predicted octanol–water partition coefficient (Wildman–Crippen LogP) is 2.15. The van der Waals surface area contributed by atoms with Gasteiger partial charge in [-0.3, -0.25) is 0 Å². The molecule has 0 saturated carbocycles. The molecule has 2 aromatic heterocycles. The number of nitrogens with one attached hydrogen (secondary N) is 1. The Balaban J connectivity index is 2.30. The minimum atomic E-state index is -0.379. The van der Waals surface area contributed by atoms with Gasteiger partial charge in [-0.25, -0.2) is 15.0 Å². The molecule has 2 aromatic rings. The van der Waals surface area contributed by atoms with Crippen molar-refractivity contribution < 1.29 is 0 Å². The monoisotopic (exact) mass is 245 g/mol. The zero-order valence-electron chi connectivity index (χ0n) is 9.51. The first-order valence-corrected chi connectivity index (χ1v) is 5.91. The highest BCUT2D eigenvalue weighted by Gasteiger charge is 2.24. The van der Waals surface area contributed by atoms with Crippen molar-refractivity contribution in [1.29, 1.82) is 5.26 Å². The standard InChI is InChI=1S/C11H11N5S/c1-11(2,10-15-5-6-17-10)16-9-8(7-12)13-3-4-14-9/h3-6H,1-2H3,(H,14,16). The summed E-state index contributed by atoms with van der Waals surface area (Å²) in [5, 5.41) is 15.0. The van der Waals surface area contributed by atoms with Crippen LogP contribution < -0.4 is 5.32 Å². The quantitative estimate of drug-likeness (QED) is 0.896. The molecule has 0 amide bonds. The van der Waals surface area contributed by atoms with E-state index in [-0.39, 0.29) is 11.2 Å². The van der Waals surface area contributed by atoms with Crippen LogP contribution in [0.4, 0.5) is 5.82 Å². The highest BCUT2D eigenvalue weighted by molar-refractivity contribution is 7.09. The second-order valence-electron chi connectivity index (χ2n) is 3.95. The van der Waals surface area contributed by atoms with Crippen molar-refractivity contribution in [3.63, 3.8) is 0 Å². The molecule has 17 heavy (non-hydrogen) atoms. The van der Waals surface area contributed by atoms with E-state index in [0.29, 0.717) is 5.82 Å². The zero-order chi connectivity index (χ0) is 12.3. The molecule has 2 heterocycles. The Morgan fingerprint density at radius 3 is 2.65 bits per heavy atom. The van der Waals surface area contributed by atoms with Crippen LogP contribution in [0.25, 0.3) is 0 Å². The Morgan fingerprint density at radius 1 is 1.24 bits per heavy atom. The predicted molar refractivity (Wildman–Crippen MR) is 65.5 cm³/mol. The third-order valence-electron chi connectivity index (χ3n) is 2.20. The van der Waals surface area contributed by atoms with Gasteiger partial charge in [0.2, 0.25) is 0 Å². The van der Waals surface area contributed by atoms with Crippen molar-refractivity contribution in [2.45, 2.75) is 19.4 Å². The van der Waals surface area contributed by atoms with Crippen molar-refractivity contribution in [2.75, 3.05) is 5.32 Å². The Morgan fingerprint density at radius 2 is 2.00 bits per heavy atom. The van der Waals surface area contributed by atoms with Gasteiger partial charge in [0.05, 0.1) is 5.54 Å². The smallest absolute Gasteiger partial charge is 0.182 e. The molecule has 5 nitrogen and oxygen atoms in total. The first-order chi connectivity index (χ1) is 8.13. The minimum absolute atomic E-state index is 0.289. The van der Waals surface area contributed by atoms with Crippen molar-refractivity contribution in [3.8, 4) is 6.07 Å². The molecule has 1 N–H and O–H groups in total. The lowest BCUT2D eigenvalue weighted by Crippen LogP contribution is -2.28. The maximum Gasteiger partial charge on any atom is 0.182 e. The van der Waals surface area contributed by atoms with Gasteiger partial charge in [-0.15, -0.1) is 11.3 Å². The van der Waals surface area contributed by atoms with Crippen LogP contribution in [0.2, 0.25) is 0 Å². The lowest BCUT2D eigenvalue weighted by Gasteiger charge is -2.24. The third kappa shape index (κ3) is 2.40. The van der Waals surface area contributed by atoms with Crippen molar-refractivity contribution >= 4 is 17.2 Å². The van der Waals surface area contributed by atoms with Crippen LogP contribution in [-0.2, 0) is 5.54 Å². The van der Waals surface area contributed by atoms with Crippen LogP contribution in [0.1, 0.15) is 24.5 Å². The average Bonchev–Trinajstić information content (AvgIpc) is 2.83. The number of hydrogen-bond acceptors (Lipinski definition) is 6.